The maximum atomic E-state index is 12.9. The largest absolute Gasteiger partial charge is 0.393 e. The molecule has 3 aliphatic heterocycles. The molecule has 2 saturated heterocycles. The van der Waals surface area contributed by atoms with Crippen molar-refractivity contribution in [2.75, 3.05) is 11.5 Å². The number of aliphatic hydroxyl groups excluding tert-OH is 1. The minimum Gasteiger partial charge on any atom is -0.393 e. The Balaban J connectivity index is 1.75. The van der Waals surface area contributed by atoms with Gasteiger partial charge in [0.15, 0.2) is 0 Å². The lowest BCUT2D eigenvalue weighted by atomic mass is 9.73. The van der Waals surface area contributed by atoms with Gasteiger partial charge in [0.2, 0.25) is 11.8 Å². The molecule has 4 unspecified atom stereocenters. The van der Waals surface area contributed by atoms with Crippen molar-refractivity contribution in [3.05, 3.63) is 46.5 Å². The minimum absolute atomic E-state index is 0.123. The molecule has 3 aliphatic rings. The van der Waals surface area contributed by atoms with Crippen molar-refractivity contribution in [3.8, 4) is 0 Å². The number of carbonyl (C=O) groups is 2. The molecule has 1 aromatic rings. The van der Waals surface area contributed by atoms with Crippen LogP contribution < -0.4 is 4.90 Å². The number of imide groups is 1. The fourth-order valence-corrected chi connectivity index (χ4v) is 4.02. The topological polar surface area (TPSA) is 110 Å². The van der Waals surface area contributed by atoms with Gasteiger partial charge in [0, 0.05) is 12.1 Å². The number of ether oxygens (including phenoxy) is 1. The maximum Gasteiger partial charge on any atom is 0.269 e. The van der Waals surface area contributed by atoms with E-state index in [2.05, 4.69) is 0 Å². The summed E-state index contributed by atoms with van der Waals surface area (Å²) in [5, 5.41) is 20.5. The smallest absolute Gasteiger partial charge is 0.269 e. The molecule has 1 aromatic carbocycles. The molecule has 2 bridgehead atoms. The zero-order valence-electron chi connectivity index (χ0n) is 12.7. The highest BCUT2D eigenvalue weighted by atomic mass is 16.6. The molecule has 24 heavy (non-hydrogen) atoms. The SMILES string of the molecule is CC12C=CC(CO)(O1)C1C(=O)N(c3ccc([N+](=O)[O-])cc3)C(=O)C12. The van der Waals surface area contributed by atoms with E-state index in [9.17, 15) is 24.8 Å². The summed E-state index contributed by atoms with van der Waals surface area (Å²) >= 11 is 0. The molecule has 4 atom stereocenters. The molecule has 0 saturated carbocycles. The number of rotatable bonds is 3. The van der Waals surface area contributed by atoms with Gasteiger partial charge in [0.05, 0.1) is 34.7 Å². The van der Waals surface area contributed by atoms with Crippen molar-refractivity contribution in [1.82, 2.24) is 0 Å². The maximum absolute atomic E-state index is 12.9. The van der Waals surface area contributed by atoms with E-state index < -0.39 is 46.4 Å². The summed E-state index contributed by atoms with van der Waals surface area (Å²) < 4.78 is 5.82. The van der Waals surface area contributed by atoms with Crippen LogP contribution in [0.3, 0.4) is 0 Å². The first-order valence-electron chi connectivity index (χ1n) is 7.47. The van der Waals surface area contributed by atoms with Crippen LogP contribution in [0.15, 0.2) is 36.4 Å². The number of fused-ring (bicyclic) bond motifs is 5. The third-order valence-electron chi connectivity index (χ3n) is 5.12. The van der Waals surface area contributed by atoms with E-state index in [-0.39, 0.29) is 11.4 Å². The normalized spacial score (nSPS) is 36.5. The number of hydrogen-bond donors (Lipinski definition) is 1. The number of amides is 2. The van der Waals surface area contributed by atoms with E-state index >= 15 is 0 Å². The summed E-state index contributed by atoms with van der Waals surface area (Å²) in [5.41, 5.74) is -1.96. The predicted molar refractivity (Wildman–Crippen MR) is 81.0 cm³/mol. The van der Waals surface area contributed by atoms with E-state index in [4.69, 9.17) is 4.74 Å². The van der Waals surface area contributed by atoms with Crippen molar-refractivity contribution in [2.45, 2.75) is 18.1 Å². The van der Waals surface area contributed by atoms with E-state index in [0.29, 0.717) is 0 Å². The molecule has 0 aliphatic carbocycles. The number of nitrogens with zero attached hydrogens (tertiary/aromatic N) is 2. The zero-order chi connectivity index (χ0) is 17.3. The fourth-order valence-electron chi connectivity index (χ4n) is 4.02. The van der Waals surface area contributed by atoms with Gasteiger partial charge in [-0.1, -0.05) is 12.2 Å². The molecular formula is C16H14N2O6. The summed E-state index contributed by atoms with van der Waals surface area (Å²) in [6.45, 7) is 1.32. The van der Waals surface area contributed by atoms with E-state index in [0.717, 1.165) is 4.90 Å². The first kappa shape index (κ1) is 15.0. The Bertz CT molecular complexity index is 803. The fraction of sp³-hybridized carbons (Fsp3) is 0.375. The molecule has 8 nitrogen and oxygen atoms in total. The quantitative estimate of drug-likeness (QED) is 0.380. The molecular weight excluding hydrogens is 316 g/mol. The number of anilines is 1. The lowest BCUT2D eigenvalue weighted by Crippen LogP contribution is -2.43. The molecule has 2 amide bonds. The highest BCUT2D eigenvalue weighted by molar-refractivity contribution is 6.23. The van der Waals surface area contributed by atoms with Gasteiger partial charge in [-0.25, -0.2) is 4.90 Å². The van der Waals surface area contributed by atoms with Crippen LogP contribution in [0, 0.1) is 22.0 Å². The van der Waals surface area contributed by atoms with E-state index in [1.807, 2.05) is 0 Å². The molecule has 1 N–H and O–H groups in total. The Morgan fingerprint density at radius 1 is 1.21 bits per heavy atom. The second-order valence-electron chi connectivity index (χ2n) is 6.47. The van der Waals surface area contributed by atoms with Gasteiger partial charge in [-0.2, -0.15) is 0 Å². The molecule has 8 heteroatoms. The average Bonchev–Trinajstić information content (AvgIpc) is 3.14. The number of nitro benzene ring substituents is 1. The lowest BCUT2D eigenvalue weighted by Gasteiger charge is -2.26. The Morgan fingerprint density at radius 2 is 1.83 bits per heavy atom. The molecule has 0 radical (unpaired) electrons. The van der Waals surface area contributed by atoms with Crippen LogP contribution in [0.25, 0.3) is 0 Å². The van der Waals surface area contributed by atoms with Gasteiger partial charge in [-0.15, -0.1) is 0 Å². The first-order chi connectivity index (χ1) is 11.3. The van der Waals surface area contributed by atoms with Gasteiger partial charge in [-0.05, 0) is 19.1 Å². The van der Waals surface area contributed by atoms with Crippen molar-refractivity contribution >= 4 is 23.2 Å². The highest BCUT2D eigenvalue weighted by Gasteiger charge is 2.72. The molecule has 0 spiro atoms. The van der Waals surface area contributed by atoms with E-state index in [1.54, 1.807) is 19.1 Å². The number of carbonyl (C=O) groups excluding carboxylic acids is 2. The van der Waals surface area contributed by atoms with Crippen LogP contribution in [0.2, 0.25) is 0 Å². The number of non-ortho nitro benzene ring substituents is 1. The van der Waals surface area contributed by atoms with Crippen molar-refractivity contribution in [2.24, 2.45) is 11.8 Å². The molecule has 3 heterocycles. The lowest BCUT2D eigenvalue weighted by molar-refractivity contribution is -0.384. The van der Waals surface area contributed by atoms with Crippen LogP contribution in [-0.4, -0.2) is 39.7 Å². The molecule has 0 aromatic heterocycles. The summed E-state index contributed by atoms with van der Waals surface area (Å²) in [5.74, 6) is -2.38. The van der Waals surface area contributed by atoms with Crippen molar-refractivity contribution < 1.29 is 24.4 Å². The number of benzene rings is 1. The third kappa shape index (κ3) is 1.64. The Morgan fingerprint density at radius 3 is 2.42 bits per heavy atom. The van der Waals surface area contributed by atoms with Crippen molar-refractivity contribution in [1.29, 1.82) is 0 Å². The van der Waals surface area contributed by atoms with E-state index in [1.165, 1.54) is 24.3 Å². The van der Waals surface area contributed by atoms with Crippen molar-refractivity contribution in [3.63, 3.8) is 0 Å². The van der Waals surface area contributed by atoms with Gasteiger partial charge in [0.1, 0.15) is 5.60 Å². The number of hydrogen-bond acceptors (Lipinski definition) is 6. The number of aliphatic hydroxyl groups is 1. The number of nitro groups is 1. The Hall–Kier alpha value is -2.58. The van der Waals surface area contributed by atoms with Crippen LogP contribution in [-0.2, 0) is 14.3 Å². The summed E-state index contributed by atoms with van der Waals surface area (Å²) in [6.07, 6.45) is 3.37. The predicted octanol–water partition coefficient (Wildman–Crippen LogP) is 0.790. The van der Waals surface area contributed by atoms with Gasteiger partial charge in [-0.3, -0.25) is 19.7 Å². The summed E-state index contributed by atoms with van der Waals surface area (Å²) in [4.78, 5) is 36.9. The van der Waals surface area contributed by atoms with Crippen LogP contribution in [0.5, 0.6) is 0 Å². The molecule has 124 valence electrons. The standard InChI is InChI=1S/C16H14N2O6/c1-15-6-7-16(8-19,24-15)12-11(15)13(20)17(14(12)21)9-2-4-10(5-3-9)18(22)23/h2-7,11-12,19H,8H2,1H3. The molecule has 2 fully saturated rings. The van der Waals surface area contributed by atoms with Gasteiger partial charge in [0.25, 0.3) is 5.69 Å². The second kappa shape index (κ2) is 4.49. The average molecular weight is 330 g/mol. The highest BCUT2D eigenvalue weighted by Crippen LogP contribution is 2.57. The molecule has 4 rings (SSSR count). The van der Waals surface area contributed by atoms with Gasteiger partial charge < -0.3 is 9.84 Å². The summed E-state index contributed by atoms with van der Waals surface area (Å²) in [7, 11) is 0. The third-order valence-corrected chi connectivity index (χ3v) is 5.12. The Kier molecular flexibility index (Phi) is 2.80. The second-order valence-corrected chi connectivity index (χ2v) is 6.47. The Labute approximate surface area is 136 Å². The monoisotopic (exact) mass is 330 g/mol. The zero-order valence-corrected chi connectivity index (χ0v) is 12.7. The minimum atomic E-state index is -1.18. The van der Waals surface area contributed by atoms with Crippen LogP contribution in [0.4, 0.5) is 11.4 Å². The van der Waals surface area contributed by atoms with Crippen LogP contribution in [0.1, 0.15) is 6.92 Å². The van der Waals surface area contributed by atoms with Crippen LogP contribution >= 0.6 is 0 Å². The first-order valence-corrected chi connectivity index (χ1v) is 7.47. The van der Waals surface area contributed by atoms with Gasteiger partial charge >= 0.3 is 0 Å². The summed E-state index contributed by atoms with van der Waals surface area (Å²) in [6, 6.07) is 5.24.